The largest absolute Gasteiger partial charge is 0.334 e. The summed E-state index contributed by atoms with van der Waals surface area (Å²) in [5.74, 6) is 0.924. The summed E-state index contributed by atoms with van der Waals surface area (Å²) >= 11 is 0. The predicted molar refractivity (Wildman–Crippen MR) is 141 cm³/mol. The number of rotatable bonds is 5. The van der Waals surface area contributed by atoms with Crippen molar-refractivity contribution in [3.8, 4) is 11.4 Å². The average molecular weight is 479 g/mol. The number of nitrogens with zero attached hydrogens (tertiary/aromatic N) is 3. The van der Waals surface area contributed by atoms with Gasteiger partial charge < -0.3 is 9.84 Å². The Kier molecular flexibility index (Phi) is 6.18. The van der Waals surface area contributed by atoms with E-state index in [9.17, 15) is 4.79 Å². The second kappa shape index (κ2) is 9.46. The molecule has 5 rings (SSSR count). The van der Waals surface area contributed by atoms with Crippen molar-refractivity contribution in [2.75, 3.05) is 0 Å². The van der Waals surface area contributed by atoms with Gasteiger partial charge in [0.05, 0.1) is 18.2 Å². The number of aryl methyl sites for hydroxylation is 4. The molecule has 0 fully saturated rings. The number of carbonyl (C=O) groups is 1. The first kappa shape index (κ1) is 23.5. The van der Waals surface area contributed by atoms with Gasteiger partial charge in [0, 0.05) is 11.3 Å². The number of hydrogen-bond acceptors (Lipinski definition) is 4. The molecule has 1 aliphatic heterocycles. The van der Waals surface area contributed by atoms with Gasteiger partial charge in [0.2, 0.25) is 5.82 Å². The van der Waals surface area contributed by atoms with E-state index in [0.29, 0.717) is 18.3 Å². The first-order chi connectivity index (χ1) is 17.3. The zero-order valence-electron chi connectivity index (χ0n) is 21.3. The molecule has 0 spiro atoms. The standard InChI is InChI=1S/C30H30N4O2/c1-18-10-13-23(14-11-18)28-32-29(36-33-28)26-22(5)34(17-25-9-7-6-8-20(25)3)30(35)31-27(26)24-15-12-19(2)21(4)16-24/h6-16,27H,17H2,1-5H3,(H,31,35). The third kappa shape index (κ3) is 4.42. The number of benzene rings is 3. The van der Waals surface area contributed by atoms with Crippen molar-refractivity contribution in [1.82, 2.24) is 20.4 Å². The van der Waals surface area contributed by atoms with Gasteiger partial charge in [-0.05, 0) is 62.4 Å². The van der Waals surface area contributed by atoms with Crippen LogP contribution in [0.3, 0.4) is 0 Å². The first-order valence-corrected chi connectivity index (χ1v) is 12.1. The second-order valence-corrected chi connectivity index (χ2v) is 9.53. The molecule has 1 atom stereocenters. The predicted octanol–water partition coefficient (Wildman–Crippen LogP) is 6.67. The van der Waals surface area contributed by atoms with E-state index < -0.39 is 6.04 Å². The van der Waals surface area contributed by atoms with Gasteiger partial charge in [-0.3, -0.25) is 4.90 Å². The van der Waals surface area contributed by atoms with Crippen LogP contribution in [0.4, 0.5) is 4.79 Å². The van der Waals surface area contributed by atoms with Gasteiger partial charge in [0.1, 0.15) is 0 Å². The van der Waals surface area contributed by atoms with Crippen molar-refractivity contribution in [1.29, 1.82) is 0 Å². The highest BCUT2D eigenvalue weighted by molar-refractivity contribution is 5.87. The van der Waals surface area contributed by atoms with Gasteiger partial charge in [-0.15, -0.1) is 0 Å². The smallest absolute Gasteiger partial charge is 0.322 e. The molecule has 6 nitrogen and oxygen atoms in total. The third-order valence-electron chi connectivity index (χ3n) is 7.02. The summed E-state index contributed by atoms with van der Waals surface area (Å²) in [4.78, 5) is 19.9. The van der Waals surface area contributed by atoms with E-state index in [1.165, 1.54) is 5.56 Å². The van der Waals surface area contributed by atoms with Crippen LogP contribution in [-0.2, 0) is 6.54 Å². The van der Waals surface area contributed by atoms with Crippen LogP contribution in [0.25, 0.3) is 17.0 Å². The molecule has 0 saturated heterocycles. The Hall–Kier alpha value is -4.19. The normalized spacial score (nSPS) is 15.9. The van der Waals surface area contributed by atoms with Crippen molar-refractivity contribution in [2.45, 2.75) is 47.2 Å². The van der Waals surface area contributed by atoms with E-state index in [0.717, 1.165) is 44.7 Å². The summed E-state index contributed by atoms with van der Waals surface area (Å²) in [7, 11) is 0. The van der Waals surface area contributed by atoms with Crippen molar-refractivity contribution in [3.63, 3.8) is 0 Å². The minimum atomic E-state index is -0.406. The van der Waals surface area contributed by atoms with E-state index in [-0.39, 0.29) is 6.03 Å². The molecule has 0 bridgehead atoms. The van der Waals surface area contributed by atoms with E-state index in [4.69, 9.17) is 9.51 Å². The SMILES string of the molecule is CC1=C(c2nc(-c3ccc(C)cc3)no2)C(c2ccc(C)c(C)c2)NC(=O)N1Cc1ccccc1C. The summed E-state index contributed by atoms with van der Waals surface area (Å²) < 4.78 is 5.83. The minimum absolute atomic E-state index is 0.152. The molecule has 1 N–H and O–H groups in total. The lowest BCUT2D eigenvalue weighted by Crippen LogP contribution is -2.45. The van der Waals surface area contributed by atoms with Crippen LogP contribution < -0.4 is 5.32 Å². The summed E-state index contributed by atoms with van der Waals surface area (Å²) in [6, 6.07) is 21.8. The average Bonchev–Trinajstić information content (AvgIpc) is 3.34. The molecule has 6 heteroatoms. The summed E-state index contributed by atoms with van der Waals surface area (Å²) in [5.41, 5.74) is 9.20. The molecule has 3 aromatic carbocycles. The van der Waals surface area contributed by atoms with Gasteiger partial charge in [0.15, 0.2) is 0 Å². The molecule has 0 radical (unpaired) electrons. The Morgan fingerprint density at radius 3 is 2.36 bits per heavy atom. The lowest BCUT2D eigenvalue weighted by Gasteiger charge is -2.35. The van der Waals surface area contributed by atoms with Crippen LogP contribution in [0.5, 0.6) is 0 Å². The fourth-order valence-corrected chi connectivity index (χ4v) is 4.55. The number of allylic oxidation sites excluding steroid dienone is 1. The van der Waals surface area contributed by atoms with Crippen LogP contribution in [0, 0.1) is 27.7 Å². The van der Waals surface area contributed by atoms with Crippen molar-refractivity contribution in [2.24, 2.45) is 0 Å². The highest BCUT2D eigenvalue weighted by atomic mass is 16.5. The second-order valence-electron chi connectivity index (χ2n) is 9.53. The monoisotopic (exact) mass is 478 g/mol. The molecule has 1 aromatic heterocycles. The third-order valence-corrected chi connectivity index (χ3v) is 7.02. The lowest BCUT2D eigenvalue weighted by molar-refractivity contribution is 0.203. The van der Waals surface area contributed by atoms with Crippen LogP contribution >= 0.6 is 0 Å². The molecule has 1 unspecified atom stereocenters. The van der Waals surface area contributed by atoms with Gasteiger partial charge >= 0.3 is 6.03 Å². The number of urea groups is 1. The van der Waals surface area contributed by atoms with Crippen LogP contribution in [0.15, 0.2) is 77.0 Å². The highest BCUT2D eigenvalue weighted by Crippen LogP contribution is 2.38. The molecule has 1 aliphatic rings. The quantitative estimate of drug-likeness (QED) is 0.348. The van der Waals surface area contributed by atoms with E-state index >= 15 is 0 Å². The first-order valence-electron chi connectivity index (χ1n) is 12.1. The summed E-state index contributed by atoms with van der Waals surface area (Å²) in [6.07, 6.45) is 0. The van der Waals surface area contributed by atoms with Gasteiger partial charge in [-0.25, -0.2) is 4.79 Å². The number of aromatic nitrogens is 2. The number of hydrogen-bond donors (Lipinski definition) is 1. The molecule has 2 heterocycles. The van der Waals surface area contributed by atoms with Gasteiger partial charge in [0.25, 0.3) is 5.89 Å². The molecule has 0 saturated carbocycles. The van der Waals surface area contributed by atoms with Gasteiger partial charge in [-0.1, -0.05) is 77.5 Å². The minimum Gasteiger partial charge on any atom is -0.334 e. The molecule has 36 heavy (non-hydrogen) atoms. The van der Waals surface area contributed by atoms with Crippen LogP contribution in [-0.4, -0.2) is 21.1 Å². The van der Waals surface area contributed by atoms with Gasteiger partial charge in [-0.2, -0.15) is 4.98 Å². The van der Waals surface area contributed by atoms with E-state index in [1.807, 2.05) is 56.3 Å². The molecule has 0 aliphatic carbocycles. The van der Waals surface area contributed by atoms with Crippen LogP contribution in [0.1, 0.15) is 52.2 Å². The maximum absolute atomic E-state index is 13.4. The molecule has 2 amide bonds. The van der Waals surface area contributed by atoms with Crippen LogP contribution in [0.2, 0.25) is 0 Å². The number of nitrogens with one attached hydrogen (secondary N) is 1. The number of amides is 2. The highest BCUT2D eigenvalue weighted by Gasteiger charge is 2.36. The Morgan fingerprint density at radius 1 is 0.889 bits per heavy atom. The Labute approximate surface area is 211 Å². The Balaban J connectivity index is 1.62. The van der Waals surface area contributed by atoms with E-state index in [1.54, 1.807) is 4.90 Å². The zero-order chi connectivity index (χ0) is 25.4. The maximum Gasteiger partial charge on any atom is 0.322 e. The fraction of sp³-hybridized carbons (Fsp3) is 0.233. The number of carbonyl (C=O) groups excluding carboxylic acids is 1. The fourth-order valence-electron chi connectivity index (χ4n) is 4.55. The zero-order valence-corrected chi connectivity index (χ0v) is 21.3. The molecular formula is C30H30N4O2. The topological polar surface area (TPSA) is 71.3 Å². The van der Waals surface area contributed by atoms with Crippen molar-refractivity contribution < 1.29 is 9.32 Å². The van der Waals surface area contributed by atoms with Crippen molar-refractivity contribution >= 4 is 11.6 Å². The van der Waals surface area contributed by atoms with E-state index in [2.05, 4.69) is 55.5 Å². The summed E-state index contributed by atoms with van der Waals surface area (Å²) in [6.45, 7) is 10.7. The Morgan fingerprint density at radius 2 is 1.64 bits per heavy atom. The molecule has 182 valence electrons. The summed E-state index contributed by atoms with van der Waals surface area (Å²) in [5, 5.41) is 7.48. The Bertz CT molecular complexity index is 1470. The maximum atomic E-state index is 13.4. The molecule has 4 aromatic rings. The van der Waals surface area contributed by atoms with Crippen molar-refractivity contribution in [3.05, 3.63) is 112 Å². The molecular weight excluding hydrogens is 448 g/mol. The lowest BCUT2D eigenvalue weighted by atomic mass is 9.92.